The second kappa shape index (κ2) is 6.85. The van der Waals surface area contributed by atoms with E-state index < -0.39 is 0 Å². The summed E-state index contributed by atoms with van der Waals surface area (Å²) >= 11 is 0. The predicted molar refractivity (Wildman–Crippen MR) is 82.9 cm³/mol. The lowest BCUT2D eigenvalue weighted by atomic mass is 10.2. The Balaban J connectivity index is 1.73. The summed E-state index contributed by atoms with van der Waals surface area (Å²) in [7, 11) is 0. The van der Waals surface area contributed by atoms with E-state index in [0.29, 0.717) is 13.0 Å². The van der Waals surface area contributed by atoms with Gasteiger partial charge in [0, 0.05) is 12.0 Å². The number of benzene rings is 2. The van der Waals surface area contributed by atoms with Gasteiger partial charge in [0.25, 0.3) is 0 Å². The fourth-order valence-corrected chi connectivity index (χ4v) is 2.07. The van der Waals surface area contributed by atoms with Gasteiger partial charge in [-0.25, -0.2) is 4.68 Å². The summed E-state index contributed by atoms with van der Waals surface area (Å²) in [5, 5.41) is 8.33. The molecule has 0 radical (unpaired) electrons. The molecule has 0 unspecified atom stereocenters. The van der Waals surface area contributed by atoms with Gasteiger partial charge in [0.15, 0.2) is 0 Å². The summed E-state index contributed by atoms with van der Waals surface area (Å²) in [5.74, 6) is 0.723. The maximum Gasteiger partial charge on any atom is 0.119 e. The van der Waals surface area contributed by atoms with E-state index in [4.69, 9.17) is 4.74 Å². The van der Waals surface area contributed by atoms with Crippen LogP contribution in [0, 0.1) is 0 Å². The van der Waals surface area contributed by atoms with Gasteiger partial charge in [0.05, 0.1) is 25.2 Å². The van der Waals surface area contributed by atoms with Crippen LogP contribution in [-0.4, -0.2) is 28.3 Å². The van der Waals surface area contributed by atoms with Crippen molar-refractivity contribution < 1.29 is 9.13 Å². The van der Waals surface area contributed by atoms with Crippen molar-refractivity contribution in [2.75, 3.05) is 13.3 Å². The van der Waals surface area contributed by atoms with Crippen LogP contribution in [0.4, 0.5) is 4.39 Å². The van der Waals surface area contributed by atoms with Crippen LogP contribution in [0.2, 0.25) is 0 Å². The topological polar surface area (TPSA) is 39.9 Å². The lowest BCUT2D eigenvalue weighted by molar-refractivity contribution is 0.289. The average Bonchev–Trinajstić information content (AvgIpc) is 3.07. The summed E-state index contributed by atoms with van der Waals surface area (Å²) in [6.07, 6.45) is 2.29. The molecule has 1 aromatic heterocycles. The molecule has 3 aromatic rings. The molecule has 0 aliphatic carbocycles. The zero-order chi connectivity index (χ0) is 15.2. The smallest absolute Gasteiger partial charge is 0.119 e. The molecule has 0 fully saturated rings. The molecular weight excluding hydrogens is 280 g/mol. The second-order valence-corrected chi connectivity index (χ2v) is 4.80. The van der Waals surface area contributed by atoms with Crippen LogP contribution in [0.3, 0.4) is 0 Å². The fraction of sp³-hybridized carbons (Fsp3) is 0.176. The number of alkyl halides is 1. The summed E-state index contributed by atoms with van der Waals surface area (Å²) in [4.78, 5) is 0. The molecule has 4 nitrogen and oxygen atoms in total. The van der Waals surface area contributed by atoms with E-state index in [1.54, 1.807) is 4.68 Å². The third-order valence-corrected chi connectivity index (χ3v) is 3.21. The first-order valence-corrected chi connectivity index (χ1v) is 7.14. The Kier molecular flexibility index (Phi) is 4.44. The molecule has 0 saturated heterocycles. The van der Waals surface area contributed by atoms with Crippen LogP contribution < -0.4 is 4.74 Å². The Morgan fingerprint density at radius 1 is 1.00 bits per heavy atom. The highest BCUT2D eigenvalue weighted by atomic mass is 18.2. The molecule has 0 N–H and O–H groups in total. The Morgan fingerprint density at radius 3 is 2.50 bits per heavy atom. The molecule has 0 bridgehead atoms. The molecule has 5 heteroatoms. The molecule has 112 valence electrons. The zero-order valence-corrected chi connectivity index (χ0v) is 12.0. The first-order chi connectivity index (χ1) is 10.9. The SMILES string of the molecule is [18F]CCCOc1ccc(-n2cc(-c3ccccc3)nn2)cc1. The van der Waals surface area contributed by atoms with Crippen molar-refractivity contribution in [2.24, 2.45) is 0 Å². The van der Waals surface area contributed by atoms with E-state index in [-0.39, 0.29) is 6.67 Å². The van der Waals surface area contributed by atoms with Gasteiger partial charge in [-0.2, -0.15) is 0 Å². The highest BCUT2D eigenvalue weighted by molar-refractivity contribution is 5.57. The molecule has 0 atom stereocenters. The number of aromatic nitrogens is 3. The number of nitrogens with zero attached hydrogens (tertiary/aromatic N) is 3. The number of hydrogen-bond acceptors (Lipinski definition) is 3. The van der Waals surface area contributed by atoms with Crippen molar-refractivity contribution in [1.29, 1.82) is 0 Å². The van der Waals surface area contributed by atoms with Crippen LogP contribution in [0.25, 0.3) is 16.9 Å². The quantitative estimate of drug-likeness (QED) is 0.652. The van der Waals surface area contributed by atoms with E-state index in [1.807, 2.05) is 60.8 Å². The highest BCUT2D eigenvalue weighted by Crippen LogP contribution is 2.19. The van der Waals surface area contributed by atoms with Crippen LogP contribution in [0.1, 0.15) is 6.42 Å². The van der Waals surface area contributed by atoms with Gasteiger partial charge < -0.3 is 4.74 Å². The highest BCUT2D eigenvalue weighted by Gasteiger charge is 2.05. The van der Waals surface area contributed by atoms with E-state index >= 15 is 0 Å². The lowest BCUT2D eigenvalue weighted by Gasteiger charge is -2.05. The summed E-state index contributed by atoms with van der Waals surface area (Å²) in [5.41, 5.74) is 2.75. The van der Waals surface area contributed by atoms with E-state index in [0.717, 1.165) is 22.7 Å². The number of hydrogen-bond donors (Lipinski definition) is 0. The average molecular weight is 296 g/mol. The molecular formula is C17H16FN3O. The maximum absolute atomic E-state index is 12.0. The van der Waals surface area contributed by atoms with Crippen LogP contribution in [-0.2, 0) is 0 Å². The van der Waals surface area contributed by atoms with E-state index in [9.17, 15) is 4.39 Å². The van der Waals surface area contributed by atoms with Crippen molar-refractivity contribution in [3.05, 3.63) is 60.8 Å². The van der Waals surface area contributed by atoms with Crippen molar-refractivity contribution in [3.8, 4) is 22.7 Å². The van der Waals surface area contributed by atoms with Gasteiger partial charge in [-0.15, -0.1) is 5.10 Å². The van der Waals surface area contributed by atoms with Crippen molar-refractivity contribution in [3.63, 3.8) is 0 Å². The minimum atomic E-state index is -0.362. The third-order valence-electron chi connectivity index (χ3n) is 3.21. The van der Waals surface area contributed by atoms with Crippen LogP contribution in [0.5, 0.6) is 5.75 Å². The molecule has 0 spiro atoms. The molecule has 0 saturated carbocycles. The molecule has 22 heavy (non-hydrogen) atoms. The maximum atomic E-state index is 12.0. The minimum Gasteiger partial charge on any atom is -0.493 e. The zero-order valence-electron chi connectivity index (χ0n) is 12.0. The molecule has 0 amide bonds. The van der Waals surface area contributed by atoms with E-state index in [2.05, 4.69) is 10.3 Å². The summed E-state index contributed by atoms with van der Waals surface area (Å²) < 4.78 is 19.2. The van der Waals surface area contributed by atoms with Crippen molar-refractivity contribution >= 4 is 0 Å². The van der Waals surface area contributed by atoms with Gasteiger partial charge in [-0.3, -0.25) is 4.39 Å². The third kappa shape index (κ3) is 3.31. The number of rotatable bonds is 6. The largest absolute Gasteiger partial charge is 0.493 e. The van der Waals surface area contributed by atoms with Gasteiger partial charge in [0.2, 0.25) is 0 Å². The first-order valence-electron chi connectivity index (χ1n) is 7.14. The fourth-order valence-electron chi connectivity index (χ4n) is 2.07. The van der Waals surface area contributed by atoms with Gasteiger partial charge in [-0.1, -0.05) is 35.5 Å². The second-order valence-electron chi connectivity index (χ2n) is 4.80. The molecule has 1 heterocycles. The minimum absolute atomic E-state index is 0.362. The Hall–Kier alpha value is -2.69. The van der Waals surface area contributed by atoms with Crippen LogP contribution in [0.15, 0.2) is 60.8 Å². The number of ether oxygens (including phenoxy) is 1. The molecule has 0 aliphatic rings. The lowest BCUT2D eigenvalue weighted by Crippen LogP contribution is -1.99. The first kappa shape index (κ1) is 14.3. The van der Waals surface area contributed by atoms with Gasteiger partial charge >= 0.3 is 0 Å². The Labute approximate surface area is 128 Å². The normalized spacial score (nSPS) is 10.6. The summed E-state index contributed by atoms with van der Waals surface area (Å²) in [6.45, 7) is 0.0244. The molecule has 3 rings (SSSR count). The van der Waals surface area contributed by atoms with E-state index in [1.165, 1.54) is 0 Å². The summed E-state index contributed by atoms with van der Waals surface area (Å²) in [6, 6.07) is 17.4. The standard InChI is InChI=1S/C17H16FN3O/c18-11-4-12-22-16-9-7-15(8-10-16)21-13-17(19-20-21)14-5-2-1-3-6-14/h1-3,5-10,13H,4,11-12H2/i18-1. The monoisotopic (exact) mass is 296 g/mol. The van der Waals surface area contributed by atoms with Gasteiger partial charge in [0.1, 0.15) is 11.4 Å². The van der Waals surface area contributed by atoms with Crippen molar-refractivity contribution in [1.82, 2.24) is 15.0 Å². The molecule has 0 aliphatic heterocycles. The van der Waals surface area contributed by atoms with Gasteiger partial charge in [-0.05, 0) is 24.3 Å². The Morgan fingerprint density at radius 2 is 1.77 bits per heavy atom. The van der Waals surface area contributed by atoms with Crippen molar-refractivity contribution in [2.45, 2.75) is 6.42 Å². The Bertz CT molecular complexity index is 710. The predicted octanol–water partition coefficient (Wildman–Crippen LogP) is 3.67. The van der Waals surface area contributed by atoms with Crippen LogP contribution >= 0.6 is 0 Å². The number of halogens is 1. The molecule has 2 aromatic carbocycles.